The number of anilines is 2. The first-order valence-corrected chi connectivity index (χ1v) is 11.2. The molecule has 0 saturated carbocycles. The molecule has 4 aromatic rings. The van der Waals surface area contributed by atoms with Gasteiger partial charge in [-0.15, -0.1) is 0 Å². The highest BCUT2D eigenvalue weighted by Gasteiger charge is 2.14. The lowest BCUT2D eigenvalue weighted by atomic mass is 10.1. The molecule has 0 atom stereocenters. The van der Waals surface area contributed by atoms with Gasteiger partial charge in [-0.3, -0.25) is 4.79 Å². The first-order valence-electron chi connectivity index (χ1n) is 10.5. The summed E-state index contributed by atoms with van der Waals surface area (Å²) in [4.78, 5) is 14.1. The Kier molecular flexibility index (Phi) is 6.73. The molecule has 0 fully saturated rings. The van der Waals surface area contributed by atoms with Crippen LogP contribution in [0.1, 0.15) is 18.1 Å². The number of carbonyl (C=O) groups excluding carboxylic acids is 1. The molecule has 4 nitrogen and oxygen atoms in total. The molecule has 0 bridgehead atoms. The molecule has 0 amide bonds. The number of rotatable bonds is 7. The number of benzene rings is 3. The highest BCUT2D eigenvalue weighted by molar-refractivity contribution is 6.35. The van der Waals surface area contributed by atoms with Crippen molar-refractivity contribution >= 4 is 51.4 Å². The largest absolute Gasteiger partial charge is 0.466 e. The van der Waals surface area contributed by atoms with Crippen molar-refractivity contribution in [3.63, 3.8) is 0 Å². The summed E-state index contributed by atoms with van der Waals surface area (Å²) in [6, 6.07) is 21.9. The van der Waals surface area contributed by atoms with Crippen molar-refractivity contribution in [1.29, 1.82) is 0 Å². The smallest absolute Gasteiger partial charge is 0.310 e. The van der Waals surface area contributed by atoms with E-state index in [2.05, 4.69) is 22.8 Å². The number of hydrogen-bond donors (Lipinski definition) is 0. The Balaban J connectivity index is 1.64. The van der Waals surface area contributed by atoms with Crippen molar-refractivity contribution in [3.8, 4) is 0 Å². The van der Waals surface area contributed by atoms with Crippen LogP contribution in [0.2, 0.25) is 10.0 Å². The zero-order valence-electron chi connectivity index (χ0n) is 18.0. The molecule has 0 aliphatic carbocycles. The molecular formula is C26H24Cl2N2O2. The normalized spacial score (nSPS) is 11.0. The lowest BCUT2D eigenvalue weighted by Crippen LogP contribution is -2.10. The minimum absolute atomic E-state index is 0.211. The Hall–Kier alpha value is -2.95. The lowest BCUT2D eigenvalue weighted by molar-refractivity contribution is -0.142. The standard InChI is InChI=1S/C26H24Cl2N2O2/c1-3-32-26(31)14-19-17-30(24-10-5-4-9-22(19)24)16-18-7-6-8-21(13-18)29(2)25-15-20(27)11-12-23(25)28/h4-13,15,17H,3,14,16H2,1-2H3. The molecule has 0 saturated heterocycles. The Morgan fingerprint density at radius 3 is 2.66 bits per heavy atom. The van der Waals surface area contributed by atoms with Crippen LogP contribution in [-0.4, -0.2) is 24.2 Å². The molecule has 32 heavy (non-hydrogen) atoms. The maximum absolute atomic E-state index is 12.1. The summed E-state index contributed by atoms with van der Waals surface area (Å²) in [7, 11) is 1.97. The predicted octanol–water partition coefficient (Wildman–Crippen LogP) is 6.87. The van der Waals surface area contributed by atoms with Crippen LogP contribution in [0.15, 0.2) is 72.9 Å². The van der Waals surface area contributed by atoms with Crippen molar-refractivity contribution in [2.75, 3.05) is 18.6 Å². The maximum atomic E-state index is 12.1. The van der Waals surface area contributed by atoms with Crippen LogP contribution < -0.4 is 4.90 Å². The van der Waals surface area contributed by atoms with Crippen LogP contribution in [0.5, 0.6) is 0 Å². The van der Waals surface area contributed by atoms with Crippen LogP contribution in [-0.2, 0) is 22.5 Å². The zero-order valence-corrected chi connectivity index (χ0v) is 19.5. The van der Waals surface area contributed by atoms with Gasteiger partial charge in [-0.05, 0) is 54.4 Å². The summed E-state index contributed by atoms with van der Waals surface area (Å²) in [6.45, 7) is 2.88. The molecule has 6 heteroatoms. The van der Waals surface area contributed by atoms with Crippen LogP contribution in [0.3, 0.4) is 0 Å². The Labute approximate surface area is 197 Å². The number of halogens is 2. The molecule has 0 aliphatic rings. The number of esters is 1. The summed E-state index contributed by atoms with van der Waals surface area (Å²) in [5.74, 6) is -0.211. The first kappa shape index (κ1) is 22.3. The highest BCUT2D eigenvalue weighted by atomic mass is 35.5. The molecule has 0 N–H and O–H groups in total. The minimum Gasteiger partial charge on any atom is -0.466 e. The molecule has 3 aromatic carbocycles. The molecule has 0 radical (unpaired) electrons. The molecule has 0 spiro atoms. The van der Waals surface area contributed by atoms with Crippen LogP contribution in [0.25, 0.3) is 10.9 Å². The fourth-order valence-electron chi connectivity index (χ4n) is 3.90. The van der Waals surface area contributed by atoms with E-state index in [0.29, 0.717) is 23.2 Å². The molecular weight excluding hydrogens is 443 g/mol. The number of ether oxygens (including phenoxy) is 1. The van der Waals surface area contributed by atoms with Crippen LogP contribution in [0.4, 0.5) is 11.4 Å². The van der Waals surface area contributed by atoms with Gasteiger partial charge in [0.2, 0.25) is 0 Å². The lowest BCUT2D eigenvalue weighted by Gasteiger charge is -2.22. The predicted molar refractivity (Wildman–Crippen MR) is 132 cm³/mol. The fraction of sp³-hybridized carbons (Fsp3) is 0.192. The number of fused-ring (bicyclic) bond motifs is 1. The number of aromatic nitrogens is 1. The monoisotopic (exact) mass is 466 g/mol. The molecule has 164 valence electrons. The highest BCUT2D eigenvalue weighted by Crippen LogP contribution is 2.33. The van der Waals surface area contributed by atoms with E-state index in [0.717, 1.165) is 33.4 Å². The van der Waals surface area contributed by atoms with E-state index in [1.165, 1.54) is 0 Å². The van der Waals surface area contributed by atoms with E-state index in [9.17, 15) is 4.79 Å². The molecule has 0 aliphatic heterocycles. The average Bonchev–Trinajstić information content (AvgIpc) is 3.12. The van der Waals surface area contributed by atoms with E-state index < -0.39 is 0 Å². The second-order valence-corrected chi connectivity index (χ2v) is 8.45. The van der Waals surface area contributed by atoms with E-state index in [1.807, 2.05) is 61.5 Å². The summed E-state index contributed by atoms with van der Waals surface area (Å²) in [5.41, 5.74) is 5.05. The fourth-order valence-corrected chi connectivity index (χ4v) is 4.31. The summed E-state index contributed by atoms with van der Waals surface area (Å²) in [5, 5.41) is 2.35. The summed E-state index contributed by atoms with van der Waals surface area (Å²) in [6.07, 6.45) is 2.31. The van der Waals surface area contributed by atoms with Gasteiger partial charge in [-0.25, -0.2) is 0 Å². The number of hydrogen-bond acceptors (Lipinski definition) is 3. The van der Waals surface area contributed by atoms with Gasteiger partial charge >= 0.3 is 5.97 Å². The SMILES string of the molecule is CCOC(=O)Cc1cn(Cc2cccc(N(C)c3cc(Cl)ccc3Cl)c2)c2ccccc12. The quantitative estimate of drug-likeness (QED) is 0.278. The molecule has 4 rings (SSSR count). The second-order valence-electron chi connectivity index (χ2n) is 7.61. The number of nitrogens with zero attached hydrogens (tertiary/aromatic N) is 2. The number of carbonyl (C=O) groups is 1. The van der Waals surface area contributed by atoms with Crippen molar-refractivity contribution in [3.05, 3.63) is 94.1 Å². The average molecular weight is 467 g/mol. The molecule has 0 unspecified atom stereocenters. The Morgan fingerprint density at radius 2 is 1.84 bits per heavy atom. The van der Waals surface area contributed by atoms with E-state index >= 15 is 0 Å². The third-order valence-electron chi connectivity index (χ3n) is 5.43. The third-order valence-corrected chi connectivity index (χ3v) is 5.99. The van der Waals surface area contributed by atoms with Gasteiger partial charge in [0.15, 0.2) is 0 Å². The van der Waals surface area contributed by atoms with Gasteiger partial charge in [0.25, 0.3) is 0 Å². The van der Waals surface area contributed by atoms with Gasteiger partial charge in [-0.1, -0.05) is 53.5 Å². The second kappa shape index (κ2) is 9.68. The topological polar surface area (TPSA) is 34.5 Å². The van der Waals surface area contributed by atoms with E-state index in [1.54, 1.807) is 12.1 Å². The minimum atomic E-state index is -0.211. The van der Waals surface area contributed by atoms with Crippen molar-refractivity contribution in [2.24, 2.45) is 0 Å². The van der Waals surface area contributed by atoms with Crippen molar-refractivity contribution < 1.29 is 9.53 Å². The summed E-state index contributed by atoms with van der Waals surface area (Å²) < 4.78 is 7.33. The third kappa shape index (κ3) is 4.77. The Morgan fingerprint density at radius 1 is 1.03 bits per heavy atom. The van der Waals surface area contributed by atoms with Gasteiger partial charge in [-0.2, -0.15) is 0 Å². The molecule has 1 aromatic heterocycles. The van der Waals surface area contributed by atoms with E-state index in [-0.39, 0.29) is 12.4 Å². The van der Waals surface area contributed by atoms with E-state index in [4.69, 9.17) is 27.9 Å². The first-order chi connectivity index (χ1) is 15.5. The van der Waals surface area contributed by atoms with Gasteiger partial charge in [0.05, 0.1) is 23.7 Å². The van der Waals surface area contributed by atoms with Crippen LogP contribution >= 0.6 is 23.2 Å². The number of para-hydroxylation sites is 1. The van der Waals surface area contributed by atoms with Gasteiger partial charge in [0, 0.05) is 41.4 Å². The van der Waals surface area contributed by atoms with Gasteiger partial charge < -0.3 is 14.2 Å². The van der Waals surface area contributed by atoms with Crippen LogP contribution in [0, 0.1) is 0 Å². The van der Waals surface area contributed by atoms with Crippen molar-refractivity contribution in [1.82, 2.24) is 4.57 Å². The van der Waals surface area contributed by atoms with Crippen molar-refractivity contribution in [2.45, 2.75) is 19.9 Å². The molecule has 1 heterocycles. The maximum Gasteiger partial charge on any atom is 0.310 e. The van der Waals surface area contributed by atoms with Gasteiger partial charge in [0.1, 0.15) is 0 Å². The Bertz CT molecular complexity index is 1270. The zero-order chi connectivity index (χ0) is 22.7. The summed E-state index contributed by atoms with van der Waals surface area (Å²) >= 11 is 12.6.